The zero-order chi connectivity index (χ0) is 19.6. The molecule has 0 aliphatic heterocycles. The zero-order valence-corrected chi connectivity index (χ0v) is 19.0. The lowest BCUT2D eigenvalue weighted by Crippen LogP contribution is -2.49. The molecule has 6 saturated carbocycles. The van der Waals surface area contributed by atoms with Gasteiger partial charge in [-0.1, -0.05) is 32.1 Å². The van der Waals surface area contributed by atoms with Gasteiger partial charge in [-0.2, -0.15) is 0 Å². The summed E-state index contributed by atoms with van der Waals surface area (Å²) in [5.41, 5.74) is 1.98. The highest BCUT2D eigenvalue weighted by molar-refractivity contribution is 5.21. The summed E-state index contributed by atoms with van der Waals surface area (Å²) in [6, 6.07) is 0. The van der Waals surface area contributed by atoms with Gasteiger partial charge in [0.2, 0.25) is 0 Å². The second kappa shape index (κ2) is 6.96. The molecule has 0 bridgehead atoms. The normalized spacial score (nSPS) is 46.4. The molecule has 6 fully saturated rings. The van der Waals surface area contributed by atoms with Crippen LogP contribution in [0.4, 0.5) is 0 Å². The van der Waals surface area contributed by atoms with Gasteiger partial charge in [-0.05, 0) is 107 Å². The molecule has 164 valence electrons. The van der Waals surface area contributed by atoms with Crippen molar-refractivity contribution >= 4 is 0 Å². The molecule has 2 nitrogen and oxygen atoms in total. The first-order valence-corrected chi connectivity index (χ1v) is 13.4. The van der Waals surface area contributed by atoms with Crippen molar-refractivity contribution < 1.29 is 9.47 Å². The number of rotatable bonds is 6. The molecule has 6 aliphatic rings. The molecule has 29 heavy (non-hydrogen) atoms. The Kier molecular flexibility index (Phi) is 4.70. The van der Waals surface area contributed by atoms with Crippen LogP contribution in [0.25, 0.3) is 0 Å². The van der Waals surface area contributed by atoms with Crippen molar-refractivity contribution in [3.05, 3.63) is 0 Å². The second-order valence-corrected chi connectivity index (χ2v) is 12.2. The van der Waals surface area contributed by atoms with Crippen molar-refractivity contribution in [2.24, 2.45) is 28.1 Å². The Bertz CT molecular complexity index is 618. The van der Waals surface area contributed by atoms with E-state index in [1.807, 2.05) is 0 Å². The monoisotopic (exact) mass is 400 g/mol. The fourth-order valence-electron chi connectivity index (χ4n) is 9.53. The van der Waals surface area contributed by atoms with Crippen LogP contribution >= 0.6 is 0 Å². The maximum atomic E-state index is 7.19. The predicted molar refractivity (Wildman–Crippen MR) is 117 cm³/mol. The van der Waals surface area contributed by atoms with Crippen LogP contribution in [0.5, 0.6) is 0 Å². The molecule has 6 rings (SSSR count). The highest BCUT2D eigenvalue weighted by atomic mass is 16.5. The highest BCUT2D eigenvalue weighted by Gasteiger charge is 2.71. The lowest BCUT2D eigenvalue weighted by molar-refractivity contribution is -0.148. The van der Waals surface area contributed by atoms with Gasteiger partial charge in [0, 0.05) is 18.6 Å². The largest absolute Gasteiger partial charge is 0.377 e. The van der Waals surface area contributed by atoms with E-state index in [9.17, 15) is 0 Å². The first-order valence-electron chi connectivity index (χ1n) is 13.4. The topological polar surface area (TPSA) is 18.5 Å². The minimum absolute atomic E-state index is 0.259. The molecule has 6 aliphatic carbocycles. The summed E-state index contributed by atoms with van der Waals surface area (Å²) >= 11 is 0. The summed E-state index contributed by atoms with van der Waals surface area (Å²) in [6.07, 6.45) is 25.0. The van der Waals surface area contributed by atoms with Gasteiger partial charge in [0.1, 0.15) is 0 Å². The third-order valence-corrected chi connectivity index (χ3v) is 11.2. The first kappa shape index (κ1) is 19.6. The van der Waals surface area contributed by atoms with Crippen LogP contribution in [0.15, 0.2) is 0 Å². The summed E-state index contributed by atoms with van der Waals surface area (Å²) in [5.74, 6) is 1.76. The van der Waals surface area contributed by atoms with Gasteiger partial charge in [0.15, 0.2) is 0 Å². The number of hydrogen-bond acceptors (Lipinski definition) is 2. The molecule has 0 radical (unpaired) electrons. The molecule has 0 aromatic carbocycles. The van der Waals surface area contributed by atoms with E-state index in [1.165, 1.54) is 109 Å². The lowest BCUT2D eigenvalue weighted by atomic mass is 9.67. The van der Waals surface area contributed by atoms with Crippen LogP contribution in [0.1, 0.15) is 116 Å². The van der Waals surface area contributed by atoms with E-state index >= 15 is 0 Å². The Balaban J connectivity index is 1.14. The molecule has 2 heteroatoms. The molecule has 0 heterocycles. The molecule has 0 amide bonds. The Morgan fingerprint density at radius 1 is 0.793 bits per heavy atom. The Labute approximate surface area is 178 Å². The number of fused-ring (bicyclic) bond motifs is 2. The summed E-state index contributed by atoms with van der Waals surface area (Å²) in [7, 11) is 0. The van der Waals surface area contributed by atoms with Crippen LogP contribution in [0.3, 0.4) is 0 Å². The van der Waals surface area contributed by atoms with Gasteiger partial charge in [-0.15, -0.1) is 0 Å². The molecule has 3 spiro atoms. The second-order valence-electron chi connectivity index (χ2n) is 12.2. The van der Waals surface area contributed by atoms with Gasteiger partial charge in [-0.25, -0.2) is 0 Å². The Hall–Kier alpha value is -0.0800. The molecule has 0 saturated heterocycles. The van der Waals surface area contributed by atoms with Crippen molar-refractivity contribution in [3.63, 3.8) is 0 Å². The van der Waals surface area contributed by atoms with E-state index in [0.29, 0.717) is 22.3 Å². The molecule has 0 aromatic rings. The van der Waals surface area contributed by atoms with Crippen LogP contribution in [0.2, 0.25) is 0 Å². The zero-order valence-electron chi connectivity index (χ0n) is 19.0. The maximum absolute atomic E-state index is 7.19. The van der Waals surface area contributed by atoms with Gasteiger partial charge >= 0.3 is 0 Å². The van der Waals surface area contributed by atoms with E-state index in [1.54, 1.807) is 0 Å². The minimum Gasteiger partial charge on any atom is -0.377 e. The molecule has 0 N–H and O–H groups in total. The maximum Gasteiger partial charge on any atom is 0.0766 e. The van der Waals surface area contributed by atoms with E-state index < -0.39 is 0 Å². The Morgan fingerprint density at radius 3 is 2.38 bits per heavy atom. The summed E-state index contributed by atoms with van der Waals surface area (Å²) in [6.45, 7) is 4.15. The summed E-state index contributed by atoms with van der Waals surface area (Å²) in [4.78, 5) is 0. The summed E-state index contributed by atoms with van der Waals surface area (Å²) < 4.78 is 13.6. The van der Waals surface area contributed by atoms with Gasteiger partial charge in [0.05, 0.1) is 11.7 Å². The first-order chi connectivity index (χ1) is 14.2. The Morgan fingerprint density at radius 2 is 1.59 bits per heavy atom. The quantitative estimate of drug-likeness (QED) is 0.475. The molecule has 0 aromatic heterocycles. The average Bonchev–Trinajstić information content (AvgIpc) is 3.56. The van der Waals surface area contributed by atoms with E-state index in [4.69, 9.17) is 9.47 Å². The third-order valence-electron chi connectivity index (χ3n) is 11.2. The van der Waals surface area contributed by atoms with Crippen molar-refractivity contribution in [1.29, 1.82) is 0 Å². The van der Waals surface area contributed by atoms with Crippen molar-refractivity contribution in [2.45, 2.75) is 128 Å². The fourth-order valence-corrected chi connectivity index (χ4v) is 9.53. The smallest absolute Gasteiger partial charge is 0.0766 e. The highest BCUT2D eigenvalue weighted by Crippen LogP contribution is 2.75. The predicted octanol–water partition coefficient (Wildman–Crippen LogP) is 7.05. The van der Waals surface area contributed by atoms with E-state index in [0.717, 1.165) is 25.0 Å². The standard InChI is InChI=1S/C27H44O2/c1-2-28-23-24(15-16-24)17-18-26(23)20-22(26)10-19-29-27-13-5-3-4-8-21(27)9-14-25(27)11-6-7-12-25/h21-23H,2-20H2,1H3. The SMILES string of the molecule is CCOC1C2(CC2)CCC12CC2CCOC12CCCCCC1CCC21CCCC1. The van der Waals surface area contributed by atoms with Crippen LogP contribution in [-0.2, 0) is 9.47 Å². The third kappa shape index (κ3) is 2.80. The molecule has 5 atom stereocenters. The fraction of sp³-hybridized carbons (Fsp3) is 1.00. The van der Waals surface area contributed by atoms with Gasteiger partial charge in [0.25, 0.3) is 0 Å². The van der Waals surface area contributed by atoms with Crippen LogP contribution < -0.4 is 0 Å². The average molecular weight is 401 g/mol. The van der Waals surface area contributed by atoms with Crippen LogP contribution in [-0.4, -0.2) is 24.9 Å². The summed E-state index contributed by atoms with van der Waals surface area (Å²) in [5, 5.41) is 0. The van der Waals surface area contributed by atoms with Crippen molar-refractivity contribution in [1.82, 2.24) is 0 Å². The van der Waals surface area contributed by atoms with E-state index in [-0.39, 0.29) is 5.60 Å². The minimum atomic E-state index is 0.259. The van der Waals surface area contributed by atoms with Crippen LogP contribution in [0, 0.1) is 28.1 Å². The van der Waals surface area contributed by atoms with Crippen molar-refractivity contribution in [3.8, 4) is 0 Å². The van der Waals surface area contributed by atoms with Crippen molar-refractivity contribution in [2.75, 3.05) is 13.2 Å². The van der Waals surface area contributed by atoms with Gasteiger partial charge in [-0.3, -0.25) is 0 Å². The molecule has 5 unspecified atom stereocenters. The van der Waals surface area contributed by atoms with Gasteiger partial charge < -0.3 is 9.47 Å². The molecular weight excluding hydrogens is 356 g/mol. The lowest BCUT2D eigenvalue weighted by Gasteiger charge is -2.47. The number of hydrogen-bond donors (Lipinski definition) is 0. The molecular formula is C27H44O2. The number of ether oxygens (including phenoxy) is 2. The van der Waals surface area contributed by atoms with E-state index in [2.05, 4.69) is 6.92 Å².